The lowest BCUT2D eigenvalue weighted by Gasteiger charge is -2.08. The average Bonchev–Trinajstić information content (AvgIpc) is 2.79. The molecule has 11 heavy (non-hydrogen) atoms. The maximum atomic E-state index is 8.58. The van der Waals surface area contributed by atoms with Gasteiger partial charge in [-0.1, -0.05) is 0 Å². The molecule has 1 aliphatic heterocycles. The third-order valence-electron chi connectivity index (χ3n) is 2.00. The van der Waals surface area contributed by atoms with Crippen molar-refractivity contribution in [2.45, 2.75) is 31.3 Å². The van der Waals surface area contributed by atoms with Crippen LogP contribution in [0.1, 0.15) is 25.7 Å². The summed E-state index contributed by atoms with van der Waals surface area (Å²) in [5.41, 5.74) is 6.12. The van der Waals surface area contributed by atoms with Crippen molar-refractivity contribution < 1.29 is 10.2 Å². The highest BCUT2D eigenvalue weighted by Crippen LogP contribution is 2.22. The van der Waals surface area contributed by atoms with Crippen molar-refractivity contribution in [3.63, 3.8) is 0 Å². The minimum absolute atomic E-state index is 0.0332. The number of aliphatic hydroxyl groups is 2. The minimum Gasteiger partial charge on any atom is -0.396 e. The molecule has 1 rings (SSSR count). The topological polar surface area (TPSA) is 84.3 Å². The molecule has 66 valence electrons. The third-order valence-corrected chi connectivity index (χ3v) is 2.00. The first-order chi connectivity index (χ1) is 5.33. The Kier molecular flexibility index (Phi) is 3.26. The number of rotatable bonds is 6. The highest BCUT2D eigenvalue weighted by molar-refractivity contribution is 4.93. The van der Waals surface area contributed by atoms with E-state index in [9.17, 15) is 0 Å². The number of hydrazine groups is 1. The van der Waals surface area contributed by atoms with Gasteiger partial charge in [-0.15, -0.1) is 0 Å². The van der Waals surface area contributed by atoms with Gasteiger partial charge >= 0.3 is 0 Å². The van der Waals surface area contributed by atoms with E-state index in [2.05, 4.69) is 10.9 Å². The van der Waals surface area contributed by atoms with E-state index in [0.717, 1.165) is 25.7 Å². The van der Waals surface area contributed by atoms with Crippen LogP contribution in [0.5, 0.6) is 0 Å². The molecule has 0 aromatic carbocycles. The van der Waals surface area contributed by atoms with E-state index in [1.165, 1.54) is 0 Å². The lowest BCUT2D eigenvalue weighted by molar-refractivity contribution is 0.257. The van der Waals surface area contributed by atoms with Crippen molar-refractivity contribution in [1.29, 1.82) is 0 Å². The van der Waals surface area contributed by atoms with Gasteiger partial charge in [0.2, 0.25) is 0 Å². The lowest BCUT2D eigenvalue weighted by atomic mass is 10.0. The van der Waals surface area contributed by atoms with Crippen LogP contribution in [0, 0.1) is 0 Å². The first-order valence-corrected chi connectivity index (χ1v) is 4.09. The monoisotopic (exact) mass is 160 g/mol. The van der Waals surface area contributed by atoms with Crippen molar-refractivity contribution in [3.05, 3.63) is 0 Å². The van der Waals surface area contributed by atoms with Gasteiger partial charge in [-0.3, -0.25) is 0 Å². The molecular formula is C7H16N2O2. The molecule has 1 aliphatic rings. The number of aliphatic hydroxyl groups excluding tert-OH is 2. The maximum absolute atomic E-state index is 8.58. The molecule has 0 saturated carbocycles. The summed E-state index contributed by atoms with van der Waals surface area (Å²) in [4.78, 5) is 0. The van der Waals surface area contributed by atoms with Gasteiger partial charge < -0.3 is 10.2 Å². The summed E-state index contributed by atoms with van der Waals surface area (Å²) < 4.78 is 0. The zero-order valence-electron chi connectivity index (χ0n) is 6.64. The van der Waals surface area contributed by atoms with E-state index in [4.69, 9.17) is 10.2 Å². The molecule has 0 aromatic heterocycles. The SMILES string of the molecule is OCCCC1(CCCO)NN1. The lowest BCUT2D eigenvalue weighted by Crippen LogP contribution is -2.18. The Balaban J connectivity index is 2.08. The van der Waals surface area contributed by atoms with E-state index in [1.807, 2.05) is 0 Å². The first kappa shape index (κ1) is 8.93. The quantitative estimate of drug-likeness (QED) is 0.388. The number of nitrogens with one attached hydrogen (secondary N) is 2. The van der Waals surface area contributed by atoms with Gasteiger partial charge in [0.25, 0.3) is 0 Å². The highest BCUT2D eigenvalue weighted by Gasteiger charge is 2.39. The standard InChI is InChI=1S/C7H16N2O2/c10-5-1-3-7(8-9-7)4-2-6-11/h8-11H,1-6H2. The molecule has 4 heteroatoms. The van der Waals surface area contributed by atoms with Crippen molar-refractivity contribution in [2.24, 2.45) is 0 Å². The smallest absolute Gasteiger partial charge is 0.0945 e. The third kappa shape index (κ3) is 2.75. The fourth-order valence-corrected chi connectivity index (χ4v) is 1.23. The highest BCUT2D eigenvalue weighted by atomic mass is 16.3. The van der Waals surface area contributed by atoms with Gasteiger partial charge in [0.05, 0.1) is 5.66 Å². The minimum atomic E-state index is 0.0332. The molecule has 1 fully saturated rings. The summed E-state index contributed by atoms with van der Waals surface area (Å²) in [6.07, 6.45) is 3.49. The molecule has 0 unspecified atom stereocenters. The van der Waals surface area contributed by atoms with Crippen molar-refractivity contribution in [2.75, 3.05) is 13.2 Å². The average molecular weight is 160 g/mol. The Morgan fingerprint density at radius 2 is 1.36 bits per heavy atom. The molecule has 0 atom stereocenters. The Morgan fingerprint density at radius 1 is 0.909 bits per heavy atom. The first-order valence-electron chi connectivity index (χ1n) is 4.09. The normalized spacial score (nSPS) is 20.2. The van der Waals surface area contributed by atoms with E-state index in [-0.39, 0.29) is 18.9 Å². The fourth-order valence-electron chi connectivity index (χ4n) is 1.23. The van der Waals surface area contributed by atoms with Crippen LogP contribution in [0.15, 0.2) is 0 Å². The van der Waals surface area contributed by atoms with Crippen LogP contribution in [0.4, 0.5) is 0 Å². The molecule has 0 amide bonds. The van der Waals surface area contributed by atoms with Crippen LogP contribution in [-0.2, 0) is 0 Å². The molecule has 0 aliphatic carbocycles. The molecule has 1 saturated heterocycles. The second-order valence-corrected chi connectivity index (χ2v) is 2.99. The van der Waals surface area contributed by atoms with Crippen LogP contribution in [-0.4, -0.2) is 29.1 Å². The molecular weight excluding hydrogens is 144 g/mol. The summed E-state index contributed by atoms with van der Waals surface area (Å²) in [6, 6.07) is 0. The second kappa shape index (κ2) is 4.01. The van der Waals surface area contributed by atoms with Gasteiger partial charge in [-0.2, -0.15) is 0 Å². The molecule has 0 aromatic rings. The van der Waals surface area contributed by atoms with E-state index >= 15 is 0 Å². The summed E-state index contributed by atoms with van der Waals surface area (Å²) in [5, 5.41) is 17.2. The molecule has 4 nitrogen and oxygen atoms in total. The zero-order chi connectivity index (χ0) is 8.16. The predicted octanol–water partition coefficient (Wildman–Crippen LogP) is -0.665. The maximum Gasteiger partial charge on any atom is 0.0945 e. The molecule has 0 bridgehead atoms. The van der Waals surface area contributed by atoms with Crippen molar-refractivity contribution >= 4 is 0 Å². The number of hydrogen-bond donors (Lipinski definition) is 4. The predicted molar refractivity (Wildman–Crippen MR) is 41.6 cm³/mol. The van der Waals surface area contributed by atoms with Crippen molar-refractivity contribution in [3.8, 4) is 0 Å². The zero-order valence-corrected chi connectivity index (χ0v) is 6.64. The summed E-state index contributed by atoms with van der Waals surface area (Å²) in [7, 11) is 0. The fraction of sp³-hybridized carbons (Fsp3) is 1.00. The second-order valence-electron chi connectivity index (χ2n) is 2.99. The summed E-state index contributed by atoms with van der Waals surface area (Å²) >= 11 is 0. The Bertz CT molecular complexity index is 105. The van der Waals surface area contributed by atoms with Crippen molar-refractivity contribution in [1.82, 2.24) is 10.9 Å². The Morgan fingerprint density at radius 3 is 1.64 bits per heavy atom. The Labute approximate surface area is 66.6 Å². The van der Waals surface area contributed by atoms with E-state index in [0.29, 0.717) is 0 Å². The van der Waals surface area contributed by atoms with Gasteiger partial charge in [0.15, 0.2) is 0 Å². The summed E-state index contributed by atoms with van der Waals surface area (Å²) in [6.45, 7) is 0.481. The largest absolute Gasteiger partial charge is 0.396 e. The van der Waals surface area contributed by atoms with Crippen LogP contribution in [0.2, 0.25) is 0 Å². The number of hydrogen-bond acceptors (Lipinski definition) is 4. The van der Waals surface area contributed by atoms with Crippen LogP contribution in [0.25, 0.3) is 0 Å². The van der Waals surface area contributed by atoms with Gasteiger partial charge in [-0.25, -0.2) is 10.9 Å². The van der Waals surface area contributed by atoms with Gasteiger partial charge in [0, 0.05) is 13.2 Å². The van der Waals surface area contributed by atoms with Gasteiger partial charge in [0.1, 0.15) is 0 Å². The van der Waals surface area contributed by atoms with E-state index in [1.54, 1.807) is 0 Å². The van der Waals surface area contributed by atoms with Crippen LogP contribution in [0.3, 0.4) is 0 Å². The summed E-state index contributed by atoms with van der Waals surface area (Å²) in [5.74, 6) is 0. The van der Waals surface area contributed by atoms with Crippen LogP contribution < -0.4 is 10.9 Å². The molecule has 1 heterocycles. The van der Waals surface area contributed by atoms with E-state index < -0.39 is 0 Å². The molecule has 4 N–H and O–H groups in total. The molecule has 0 spiro atoms. The Hall–Kier alpha value is -0.160. The van der Waals surface area contributed by atoms with Crippen LogP contribution >= 0.6 is 0 Å². The van der Waals surface area contributed by atoms with Gasteiger partial charge in [-0.05, 0) is 25.7 Å². The molecule has 0 radical (unpaired) electrons.